The summed E-state index contributed by atoms with van der Waals surface area (Å²) >= 11 is 0. The second-order valence-electron chi connectivity index (χ2n) is 4.28. The first-order chi connectivity index (χ1) is 6.69. The Bertz CT molecular complexity index is 194. The highest BCUT2D eigenvalue weighted by Gasteiger charge is 2.27. The summed E-state index contributed by atoms with van der Waals surface area (Å²) in [5, 5.41) is 3.08. The topological polar surface area (TPSA) is 32.3 Å². The maximum Gasteiger partial charge on any atom is 0.239 e. The number of amides is 1. The summed E-state index contributed by atoms with van der Waals surface area (Å²) in [4.78, 5) is 13.9. The first-order valence-electron chi connectivity index (χ1n) is 5.65. The van der Waals surface area contributed by atoms with Crippen molar-refractivity contribution in [3.8, 4) is 0 Å². The van der Waals surface area contributed by atoms with Crippen molar-refractivity contribution in [2.75, 3.05) is 20.1 Å². The third-order valence-electron chi connectivity index (χ3n) is 3.11. The van der Waals surface area contributed by atoms with Crippen LogP contribution in [0.25, 0.3) is 0 Å². The molecule has 0 aromatic rings. The molecule has 2 atom stereocenters. The van der Waals surface area contributed by atoms with Crippen molar-refractivity contribution >= 4 is 5.91 Å². The van der Waals surface area contributed by atoms with Crippen LogP contribution in [0.2, 0.25) is 0 Å². The Labute approximate surface area is 86.9 Å². The molecule has 1 saturated heterocycles. The molecular weight excluding hydrogens is 176 g/mol. The van der Waals surface area contributed by atoms with Gasteiger partial charge in [-0.2, -0.15) is 0 Å². The van der Waals surface area contributed by atoms with Crippen molar-refractivity contribution in [3.63, 3.8) is 0 Å². The van der Waals surface area contributed by atoms with Gasteiger partial charge in [0.05, 0.1) is 6.04 Å². The quantitative estimate of drug-likeness (QED) is 0.737. The maximum atomic E-state index is 11.9. The lowest BCUT2D eigenvalue weighted by Crippen LogP contribution is -2.50. The molecule has 1 aliphatic heterocycles. The summed E-state index contributed by atoms with van der Waals surface area (Å²) in [5.74, 6) is 0.911. The molecule has 1 amide bonds. The van der Waals surface area contributed by atoms with Crippen molar-refractivity contribution in [1.29, 1.82) is 0 Å². The molecule has 1 rings (SSSR count). The number of carbonyl (C=O) groups excluding carboxylic acids is 1. The predicted molar refractivity (Wildman–Crippen MR) is 58.1 cm³/mol. The Balaban J connectivity index is 2.47. The largest absolute Gasteiger partial charge is 0.341 e. The number of likely N-dealkylation sites (tertiary alicyclic amines) is 1. The van der Waals surface area contributed by atoms with Crippen LogP contribution in [-0.2, 0) is 4.79 Å². The van der Waals surface area contributed by atoms with E-state index in [9.17, 15) is 4.79 Å². The molecule has 3 nitrogen and oxygen atoms in total. The van der Waals surface area contributed by atoms with Crippen LogP contribution in [0.3, 0.4) is 0 Å². The molecule has 14 heavy (non-hydrogen) atoms. The highest BCUT2D eigenvalue weighted by atomic mass is 16.2. The van der Waals surface area contributed by atoms with E-state index in [2.05, 4.69) is 19.2 Å². The zero-order valence-corrected chi connectivity index (χ0v) is 9.55. The maximum absolute atomic E-state index is 11.9. The number of nitrogens with one attached hydrogen (secondary N) is 1. The van der Waals surface area contributed by atoms with Gasteiger partial charge in [-0.05, 0) is 25.8 Å². The molecule has 0 radical (unpaired) electrons. The first kappa shape index (κ1) is 11.5. The predicted octanol–water partition coefficient (Wildman–Crippen LogP) is 1.24. The van der Waals surface area contributed by atoms with E-state index in [1.807, 2.05) is 11.9 Å². The lowest BCUT2D eigenvalue weighted by atomic mass is 10.0. The fourth-order valence-electron chi connectivity index (χ4n) is 1.89. The van der Waals surface area contributed by atoms with Crippen LogP contribution in [0, 0.1) is 5.92 Å². The van der Waals surface area contributed by atoms with Crippen molar-refractivity contribution in [2.24, 2.45) is 5.92 Å². The number of piperidine rings is 1. The van der Waals surface area contributed by atoms with Gasteiger partial charge in [0.2, 0.25) is 5.91 Å². The van der Waals surface area contributed by atoms with E-state index in [1.54, 1.807) is 0 Å². The van der Waals surface area contributed by atoms with Gasteiger partial charge < -0.3 is 10.2 Å². The Morgan fingerprint density at radius 1 is 1.64 bits per heavy atom. The van der Waals surface area contributed by atoms with Gasteiger partial charge in [0, 0.05) is 13.1 Å². The third kappa shape index (κ3) is 2.71. The van der Waals surface area contributed by atoms with Crippen molar-refractivity contribution in [3.05, 3.63) is 0 Å². The van der Waals surface area contributed by atoms with Crippen LogP contribution in [0.5, 0.6) is 0 Å². The summed E-state index contributed by atoms with van der Waals surface area (Å²) in [6, 6.07) is 0.0628. The van der Waals surface area contributed by atoms with E-state index in [-0.39, 0.29) is 6.04 Å². The van der Waals surface area contributed by atoms with Crippen LogP contribution in [0.15, 0.2) is 0 Å². The van der Waals surface area contributed by atoms with Gasteiger partial charge in [-0.3, -0.25) is 4.79 Å². The molecule has 0 aromatic heterocycles. The monoisotopic (exact) mass is 198 g/mol. The standard InChI is InChI=1S/C11H22N2O/c1-4-9(2)8-13-7-5-6-10(12-3)11(13)14/h9-10,12H,4-8H2,1-3H3. The fraction of sp³-hybridized carbons (Fsp3) is 0.909. The van der Waals surface area contributed by atoms with E-state index in [0.717, 1.165) is 32.4 Å². The first-order valence-corrected chi connectivity index (χ1v) is 5.65. The fourth-order valence-corrected chi connectivity index (χ4v) is 1.89. The molecule has 0 aliphatic carbocycles. The van der Waals surface area contributed by atoms with Gasteiger partial charge in [0.1, 0.15) is 0 Å². The van der Waals surface area contributed by atoms with Gasteiger partial charge in [-0.15, -0.1) is 0 Å². The molecular formula is C11H22N2O. The van der Waals surface area contributed by atoms with E-state index < -0.39 is 0 Å². The molecule has 82 valence electrons. The highest BCUT2D eigenvalue weighted by Crippen LogP contribution is 2.14. The lowest BCUT2D eigenvalue weighted by Gasteiger charge is -2.33. The Hall–Kier alpha value is -0.570. The number of carbonyl (C=O) groups is 1. The van der Waals surface area contributed by atoms with Crippen LogP contribution in [-0.4, -0.2) is 37.0 Å². The average molecular weight is 198 g/mol. The molecule has 0 saturated carbocycles. The average Bonchev–Trinajstić information content (AvgIpc) is 2.21. The Kier molecular flexibility index (Phi) is 4.39. The van der Waals surface area contributed by atoms with E-state index in [0.29, 0.717) is 11.8 Å². The minimum absolute atomic E-state index is 0.0628. The summed E-state index contributed by atoms with van der Waals surface area (Å²) < 4.78 is 0. The van der Waals surface area contributed by atoms with Crippen molar-refractivity contribution in [1.82, 2.24) is 10.2 Å². The van der Waals surface area contributed by atoms with Gasteiger partial charge >= 0.3 is 0 Å². The van der Waals surface area contributed by atoms with Crippen LogP contribution >= 0.6 is 0 Å². The van der Waals surface area contributed by atoms with Gasteiger partial charge in [-0.25, -0.2) is 0 Å². The molecule has 1 aliphatic rings. The summed E-state index contributed by atoms with van der Waals surface area (Å²) in [7, 11) is 1.87. The second-order valence-corrected chi connectivity index (χ2v) is 4.28. The minimum atomic E-state index is 0.0628. The van der Waals surface area contributed by atoms with Crippen LogP contribution in [0.4, 0.5) is 0 Å². The van der Waals surface area contributed by atoms with E-state index in [4.69, 9.17) is 0 Å². The smallest absolute Gasteiger partial charge is 0.239 e. The number of hydrogen-bond donors (Lipinski definition) is 1. The summed E-state index contributed by atoms with van der Waals surface area (Å²) in [5.41, 5.74) is 0. The van der Waals surface area contributed by atoms with Crippen LogP contribution in [0.1, 0.15) is 33.1 Å². The number of rotatable bonds is 4. The summed E-state index contributed by atoms with van der Waals surface area (Å²) in [6.07, 6.45) is 3.27. The molecule has 1 N–H and O–H groups in total. The van der Waals surface area contributed by atoms with Gasteiger partial charge in [-0.1, -0.05) is 20.3 Å². The molecule has 2 unspecified atom stereocenters. The zero-order valence-electron chi connectivity index (χ0n) is 9.55. The van der Waals surface area contributed by atoms with E-state index >= 15 is 0 Å². The highest BCUT2D eigenvalue weighted by molar-refractivity contribution is 5.82. The molecule has 3 heteroatoms. The summed E-state index contributed by atoms with van der Waals surface area (Å²) in [6.45, 7) is 6.25. The molecule has 1 heterocycles. The Morgan fingerprint density at radius 3 is 2.93 bits per heavy atom. The normalized spacial score (nSPS) is 25.2. The van der Waals surface area contributed by atoms with Crippen LogP contribution < -0.4 is 5.32 Å². The second kappa shape index (κ2) is 5.35. The van der Waals surface area contributed by atoms with Gasteiger partial charge in [0.15, 0.2) is 0 Å². The van der Waals surface area contributed by atoms with Gasteiger partial charge in [0.25, 0.3) is 0 Å². The minimum Gasteiger partial charge on any atom is -0.341 e. The lowest BCUT2D eigenvalue weighted by molar-refractivity contribution is -0.136. The van der Waals surface area contributed by atoms with Crippen molar-refractivity contribution in [2.45, 2.75) is 39.2 Å². The number of nitrogens with zero attached hydrogens (tertiary/aromatic N) is 1. The molecule has 0 aromatic carbocycles. The number of hydrogen-bond acceptors (Lipinski definition) is 2. The molecule has 1 fully saturated rings. The SMILES string of the molecule is CCC(C)CN1CCCC(NC)C1=O. The zero-order chi connectivity index (χ0) is 10.6. The molecule has 0 spiro atoms. The third-order valence-corrected chi connectivity index (χ3v) is 3.11. The Morgan fingerprint density at radius 2 is 2.36 bits per heavy atom. The van der Waals surface area contributed by atoms with Crippen molar-refractivity contribution < 1.29 is 4.79 Å². The van der Waals surface area contributed by atoms with E-state index in [1.165, 1.54) is 0 Å². The number of likely N-dealkylation sites (N-methyl/N-ethyl adjacent to an activating group) is 1. The molecule has 0 bridgehead atoms.